The van der Waals surface area contributed by atoms with Gasteiger partial charge in [-0.3, -0.25) is 0 Å². The van der Waals surface area contributed by atoms with Gasteiger partial charge in [0.1, 0.15) is 11.6 Å². The Hall–Kier alpha value is -2.33. The van der Waals surface area contributed by atoms with Gasteiger partial charge in [0.15, 0.2) is 0 Å². The highest BCUT2D eigenvalue weighted by molar-refractivity contribution is 5.76. The fraction of sp³-hybridized carbons (Fsp3) is 0.278. The maximum Gasteiger partial charge on any atom is 0.121 e. The number of nitrogens with zero attached hydrogens (tertiary/aromatic N) is 1. The van der Waals surface area contributed by atoms with Gasteiger partial charge in [0.2, 0.25) is 0 Å². The third-order valence-corrected chi connectivity index (χ3v) is 4.35. The average molecular weight is 293 g/mol. The van der Waals surface area contributed by atoms with Crippen LogP contribution in [-0.2, 0) is 12.8 Å². The molecule has 0 saturated heterocycles. The lowest BCUT2D eigenvalue weighted by Crippen LogP contribution is -2.31. The molecule has 112 valence electrons. The van der Waals surface area contributed by atoms with Gasteiger partial charge in [-0.15, -0.1) is 0 Å². The van der Waals surface area contributed by atoms with E-state index in [-0.39, 0.29) is 0 Å². The fourth-order valence-electron chi connectivity index (χ4n) is 3.23. The Morgan fingerprint density at radius 3 is 3.05 bits per heavy atom. The van der Waals surface area contributed by atoms with Crippen molar-refractivity contribution in [3.63, 3.8) is 0 Å². The Balaban J connectivity index is 1.64. The summed E-state index contributed by atoms with van der Waals surface area (Å²) >= 11 is 0. The first-order valence-electron chi connectivity index (χ1n) is 7.67. The van der Waals surface area contributed by atoms with Crippen molar-refractivity contribution in [1.82, 2.24) is 15.3 Å². The van der Waals surface area contributed by atoms with Gasteiger partial charge in [0, 0.05) is 18.5 Å². The molecule has 0 spiro atoms. The number of imidazole rings is 1. The standard InChI is InChI=1S/C18H19N3O/c1-22-13-6-7-15-17(10-13)21-18(20-15)11-16-14-5-3-2-4-12(14)8-9-19-16/h2-7,10,16,19H,8-9,11H2,1H3,(H,20,21). The smallest absolute Gasteiger partial charge is 0.121 e. The molecule has 3 aromatic rings. The molecule has 2 N–H and O–H groups in total. The molecule has 4 nitrogen and oxygen atoms in total. The van der Waals surface area contributed by atoms with E-state index in [4.69, 9.17) is 9.72 Å². The molecule has 0 saturated carbocycles. The third-order valence-electron chi connectivity index (χ3n) is 4.35. The summed E-state index contributed by atoms with van der Waals surface area (Å²) in [6.45, 7) is 1.02. The zero-order chi connectivity index (χ0) is 14.9. The number of ether oxygens (including phenoxy) is 1. The number of nitrogens with one attached hydrogen (secondary N) is 2. The summed E-state index contributed by atoms with van der Waals surface area (Å²) in [6, 6.07) is 14.9. The molecule has 0 radical (unpaired) electrons. The highest BCUT2D eigenvalue weighted by Gasteiger charge is 2.20. The number of methoxy groups -OCH3 is 1. The molecule has 1 unspecified atom stereocenters. The SMILES string of the molecule is COc1ccc2nc(CC3NCCc4ccccc43)[nH]c2c1. The molecule has 4 heteroatoms. The number of aromatic nitrogens is 2. The minimum atomic E-state index is 0.326. The van der Waals surface area contributed by atoms with Crippen molar-refractivity contribution < 1.29 is 4.74 Å². The fourth-order valence-corrected chi connectivity index (χ4v) is 3.23. The van der Waals surface area contributed by atoms with Crippen molar-refractivity contribution in [2.24, 2.45) is 0 Å². The second-order valence-corrected chi connectivity index (χ2v) is 5.73. The lowest BCUT2D eigenvalue weighted by molar-refractivity contribution is 0.415. The van der Waals surface area contributed by atoms with Crippen molar-refractivity contribution in [2.75, 3.05) is 13.7 Å². The molecule has 0 aliphatic carbocycles. The molecule has 1 aliphatic heterocycles. The van der Waals surface area contributed by atoms with Gasteiger partial charge in [-0.1, -0.05) is 24.3 Å². The zero-order valence-corrected chi connectivity index (χ0v) is 12.6. The molecule has 1 atom stereocenters. The lowest BCUT2D eigenvalue weighted by atomic mass is 9.92. The van der Waals surface area contributed by atoms with Crippen LogP contribution in [0, 0.1) is 0 Å². The minimum absolute atomic E-state index is 0.326. The Kier molecular flexibility index (Phi) is 3.31. The van der Waals surface area contributed by atoms with E-state index in [9.17, 15) is 0 Å². The molecular weight excluding hydrogens is 274 g/mol. The summed E-state index contributed by atoms with van der Waals surface area (Å²) in [5, 5.41) is 3.61. The van der Waals surface area contributed by atoms with Crippen molar-refractivity contribution in [2.45, 2.75) is 18.9 Å². The van der Waals surface area contributed by atoms with Crippen molar-refractivity contribution >= 4 is 11.0 Å². The summed E-state index contributed by atoms with van der Waals surface area (Å²) in [5.74, 6) is 1.86. The van der Waals surface area contributed by atoms with Crippen LogP contribution in [-0.4, -0.2) is 23.6 Å². The van der Waals surface area contributed by atoms with Crippen molar-refractivity contribution in [3.8, 4) is 5.75 Å². The molecule has 4 rings (SSSR count). The van der Waals surface area contributed by atoms with E-state index < -0.39 is 0 Å². The van der Waals surface area contributed by atoms with Crippen LogP contribution in [0.2, 0.25) is 0 Å². The van der Waals surface area contributed by atoms with E-state index in [1.54, 1.807) is 7.11 Å². The predicted molar refractivity (Wildman–Crippen MR) is 87.2 cm³/mol. The number of aromatic amines is 1. The quantitative estimate of drug-likeness (QED) is 0.780. The summed E-state index contributed by atoms with van der Waals surface area (Å²) in [4.78, 5) is 8.12. The first-order chi connectivity index (χ1) is 10.8. The van der Waals surface area contributed by atoms with E-state index in [0.29, 0.717) is 6.04 Å². The number of benzene rings is 2. The number of rotatable bonds is 3. The van der Waals surface area contributed by atoms with Crippen LogP contribution in [0.15, 0.2) is 42.5 Å². The van der Waals surface area contributed by atoms with Crippen LogP contribution >= 0.6 is 0 Å². The van der Waals surface area contributed by atoms with Crippen LogP contribution in [0.4, 0.5) is 0 Å². The molecular formula is C18H19N3O. The van der Waals surface area contributed by atoms with E-state index >= 15 is 0 Å². The summed E-state index contributed by atoms with van der Waals surface area (Å²) in [7, 11) is 1.68. The van der Waals surface area contributed by atoms with Crippen LogP contribution in [0.25, 0.3) is 11.0 Å². The average Bonchev–Trinajstić information content (AvgIpc) is 2.96. The summed E-state index contributed by atoms with van der Waals surface area (Å²) in [6.07, 6.45) is 1.97. The Bertz CT molecular complexity index is 809. The number of hydrogen-bond donors (Lipinski definition) is 2. The van der Waals surface area contributed by atoms with Gasteiger partial charge in [0.05, 0.1) is 18.1 Å². The molecule has 0 bridgehead atoms. The van der Waals surface area contributed by atoms with E-state index in [1.807, 2.05) is 18.2 Å². The van der Waals surface area contributed by atoms with E-state index in [1.165, 1.54) is 11.1 Å². The van der Waals surface area contributed by atoms with Gasteiger partial charge >= 0.3 is 0 Å². The van der Waals surface area contributed by atoms with Crippen LogP contribution in [0.3, 0.4) is 0 Å². The van der Waals surface area contributed by atoms with Gasteiger partial charge in [-0.05, 0) is 36.2 Å². The maximum atomic E-state index is 5.27. The largest absolute Gasteiger partial charge is 0.497 e. The molecule has 1 aliphatic rings. The third kappa shape index (κ3) is 2.35. The molecule has 2 aromatic carbocycles. The van der Waals surface area contributed by atoms with Crippen molar-refractivity contribution in [1.29, 1.82) is 0 Å². The molecule has 1 aromatic heterocycles. The number of fused-ring (bicyclic) bond motifs is 2. The van der Waals surface area contributed by atoms with E-state index in [2.05, 4.69) is 34.6 Å². The highest BCUT2D eigenvalue weighted by Crippen LogP contribution is 2.26. The molecule has 22 heavy (non-hydrogen) atoms. The topological polar surface area (TPSA) is 49.9 Å². The molecule has 2 heterocycles. The van der Waals surface area contributed by atoms with Gasteiger partial charge in [-0.2, -0.15) is 0 Å². The second kappa shape index (κ2) is 5.46. The Morgan fingerprint density at radius 1 is 1.23 bits per heavy atom. The van der Waals surface area contributed by atoms with Crippen LogP contribution in [0.5, 0.6) is 5.75 Å². The van der Waals surface area contributed by atoms with Crippen LogP contribution < -0.4 is 10.1 Å². The lowest BCUT2D eigenvalue weighted by Gasteiger charge is -2.26. The van der Waals surface area contributed by atoms with Crippen molar-refractivity contribution in [3.05, 3.63) is 59.4 Å². The zero-order valence-electron chi connectivity index (χ0n) is 12.6. The first kappa shape index (κ1) is 13.3. The number of hydrogen-bond acceptors (Lipinski definition) is 3. The Labute approximate surface area is 129 Å². The second-order valence-electron chi connectivity index (χ2n) is 5.73. The van der Waals surface area contributed by atoms with Gasteiger partial charge < -0.3 is 15.0 Å². The first-order valence-corrected chi connectivity index (χ1v) is 7.67. The normalized spacial score (nSPS) is 17.4. The maximum absolute atomic E-state index is 5.27. The molecule has 0 fully saturated rings. The highest BCUT2D eigenvalue weighted by atomic mass is 16.5. The minimum Gasteiger partial charge on any atom is -0.497 e. The van der Waals surface area contributed by atoms with E-state index in [0.717, 1.165) is 42.0 Å². The molecule has 0 amide bonds. The predicted octanol–water partition coefficient (Wildman–Crippen LogP) is 3.00. The Morgan fingerprint density at radius 2 is 2.14 bits per heavy atom. The monoisotopic (exact) mass is 293 g/mol. The van der Waals surface area contributed by atoms with Crippen LogP contribution in [0.1, 0.15) is 23.0 Å². The summed E-state index contributed by atoms with van der Waals surface area (Å²) < 4.78 is 5.27. The van der Waals surface area contributed by atoms with Gasteiger partial charge in [-0.25, -0.2) is 4.98 Å². The summed E-state index contributed by atoms with van der Waals surface area (Å²) in [5.41, 5.74) is 4.86. The number of H-pyrrole nitrogens is 1. The van der Waals surface area contributed by atoms with Gasteiger partial charge in [0.25, 0.3) is 0 Å².